The Morgan fingerprint density at radius 1 is 1.07 bits per heavy atom. The summed E-state index contributed by atoms with van der Waals surface area (Å²) in [5.74, 6) is -0.724. The molecule has 2 N–H and O–H groups in total. The normalized spacial score (nSPS) is 15.8. The summed E-state index contributed by atoms with van der Waals surface area (Å²) in [4.78, 5) is 38.0. The predicted molar refractivity (Wildman–Crippen MR) is 115 cm³/mol. The van der Waals surface area contributed by atoms with Gasteiger partial charge in [0.25, 0.3) is 17.4 Å². The second-order valence-electron chi connectivity index (χ2n) is 7.32. The van der Waals surface area contributed by atoms with Crippen molar-refractivity contribution in [1.82, 2.24) is 9.88 Å². The van der Waals surface area contributed by atoms with Gasteiger partial charge in [0.05, 0.1) is 28.4 Å². The number of carbonyl (C=O) groups excluding carboxylic acids is 2. The Morgan fingerprint density at radius 2 is 1.83 bits per heavy atom. The fourth-order valence-corrected chi connectivity index (χ4v) is 3.69. The number of para-hydroxylation sites is 2. The molecule has 1 fully saturated rings. The lowest BCUT2D eigenvalue weighted by Crippen LogP contribution is -2.32. The van der Waals surface area contributed by atoms with E-state index in [1.165, 1.54) is 10.6 Å². The number of rotatable bonds is 5. The first-order chi connectivity index (χ1) is 14.5. The van der Waals surface area contributed by atoms with Crippen molar-refractivity contribution in [1.29, 1.82) is 0 Å². The van der Waals surface area contributed by atoms with Crippen LogP contribution in [0.1, 0.15) is 33.6 Å². The van der Waals surface area contributed by atoms with Gasteiger partial charge in [-0.15, -0.1) is 0 Å². The van der Waals surface area contributed by atoms with E-state index in [1.54, 1.807) is 43.4 Å². The Morgan fingerprint density at radius 3 is 2.63 bits per heavy atom. The van der Waals surface area contributed by atoms with Crippen LogP contribution in [-0.2, 0) is 11.8 Å². The number of carbonyl (C=O) groups is 2. The molecular formula is C23H23N3O4. The number of nitrogens with zero attached hydrogens (tertiary/aromatic N) is 1. The molecule has 1 unspecified atom stereocenters. The highest BCUT2D eigenvalue weighted by molar-refractivity contribution is 6.14. The fraction of sp³-hybridized carbons (Fsp3) is 0.261. The second kappa shape index (κ2) is 8.51. The van der Waals surface area contributed by atoms with Gasteiger partial charge in [-0.1, -0.05) is 30.3 Å². The van der Waals surface area contributed by atoms with Gasteiger partial charge in [-0.3, -0.25) is 14.4 Å². The number of nitrogens with one attached hydrogen (secondary N) is 2. The Kier molecular flexibility index (Phi) is 5.63. The number of ether oxygens (including phenoxy) is 1. The Hall–Kier alpha value is -3.45. The van der Waals surface area contributed by atoms with E-state index >= 15 is 0 Å². The molecule has 0 aliphatic carbocycles. The highest BCUT2D eigenvalue weighted by Gasteiger charge is 2.19. The lowest BCUT2D eigenvalue weighted by molar-refractivity contribution is 0.0858. The van der Waals surface area contributed by atoms with Crippen LogP contribution < -0.4 is 16.2 Å². The monoisotopic (exact) mass is 405 g/mol. The highest BCUT2D eigenvalue weighted by atomic mass is 16.5. The lowest BCUT2D eigenvalue weighted by atomic mass is 10.1. The summed E-state index contributed by atoms with van der Waals surface area (Å²) in [6.07, 6.45) is 1.95. The van der Waals surface area contributed by atoms with Crippen molar-refractivity contribution in [3.63, 3.8) is 0 Å². The molecule has 7 nitrogen and oxygen atoms in total. The molecule has 1 aliphatic heterocycles. The number of aromatic nitrogens is 1. The Labute approximate surface area is 173 Å². The number of benzene rings is 2. The molecule has 4 rings (SSSR count). The maximum atomic E-state index is 13.0. The molecule has 0 spiro atoms. The van der Waals surface area contributed by atoms with Crippen LogP contribution in [0.4, 0.5) is 5.69 Å². The molecule has 1 aromatic heterocycles. The van der Waals surface area contributed by atoms with Crippen molar-refractivity contribution in [2.45, 2.75) is 18.9 Å². The summed E-state index contributed by atoms with van der Waals surface area (Å²) in [6.45, 7) is 1.15. The number of pyridine rings is 1. The van der Waals surface area contributed by atoms with E-state index in [9.17, 15) is 14.4 Å². The van der Waals surface area contributed by atoms with Crippen molar-refractivity contribution in [3.8, 4) is 0 Å². The van der Waals surface area contributed by atoms with Crippen LogP contribution in [0.3, 0.4) is 0 Å². The van der Waals surface area contributed by atoms with Gasteiger partial charge in [-0.05, 0) is 31.0 Å². The molecule has 0 radical (unpaired) electrons. The van der Waals surface area contributed by atoms with E-state index in [4.69, 9.17) is 4.74 Å². The van der Waals surface area contributed by atoms with Gasteiger partial charge in [-0.2, -0.15) is 0 Å². The standard InChI is InChI=1S/C23H23N3O4/c1-26-20-11-5-3-8-16(20)18(13-21(26)27)23(29)25-19-10-4-2-9-17(19)22(28)24-14-15-7-6-12-30-15/h2-5,8-11,13,15H,6-7,12,14H2,1H3,(H,24,28)(H,25,29). The van der Waals surface area contributed by atoms with Crippen molar-refractivity contribution >= 4 is 28.4 Å². The molecule has 2 heterocycles. The van der Waals surface area contributed by atoms with Crippen LogP contribution in [0.2, 0.25) is 0 Å². The molecule has 1 atom stereocenters. The number of hydrogen-bond donors (Lipinski definition) is 2. The van der Waals surface area contributed by atoms with Crippen molar-refractivity contribution in [2.24, 2.45) is 7.05 Å². The van der Waals surface area contributed by atoms with E-state index in [2.05, 4.69) is 10.6 Å². The molecule has 30 heavy (non-hydrogen) atoms. The fourth-order valence-electron chi connectivity index (χ4n) is 3.69. The molecule has 1 aliphatic rings. The summed E-state index contributed by atoms with van der Waals surface area (Å²) in [7, 11) is 1.67. The van der Waals surface area contributed by atoms with Crippen LogP contribution in [0.5, 0.6) is 0 Å². The third kappa shape index (κ3) is 3.97. The number of anilines is 1. The zero-order valence-electron chi connectivity index (χ0n) is 16.7. The average Bonchev–Trinajstić information content (AvgIpc) is 3.28. The number of fused-ring (bicyclic) bond motifs is 1. The zero-order valence-corrected chi connectivity index (χ0v) is 16.7. The molecule has 0 saturated carbocycles. The van der Waals surface area contributed by atoms with Gasteiger partial charge in [0.1, 0.15) is 0 Å². The van der Waals surface area contributed by atoms with E-state index in [0.29, 0.717) is 28.7 Å². The molecule has 2 aromatic carbocycles. The van der Waals surface area contributed by atoms with E-state index in [-0.39, 0.29) is 23.1 Å². The minimum atomic E-state index is -0.441. The van der Waals surface area contributed by atoms with Crippen LogP contribution in [-0.4, -0.2) is 35.6 Å². The topological polar surface area (TPSA) is 89.4 Å². The molecule has 154 valence electrons. The van der Waals surface area contributed by atoms with Gasteiger partial charge in [0, 0.05) is 31.7 Å². The Bertz CT molecular complexity index is 1160. The first kappa shape index (κ1) is 19.8. The first-order valence-electron chi connectivity index (χ1n) is 9.93. The molecule has 1 saturated heterocycles. The number of hydrogen-bond acceptors (Lipinski definition) is 4. The van der Waals surface area contributed by atoms with Crippen molar-refractivity contribution in [2.75, 3.05) is 18.5 Å². The van der Waals surface area contributed by atoms with Gasteiger partial charge in [0.2, 0.25) is 0 Å². The Balaban J connectivity index is 1.59. The van der Waals surface area contributed by atoms with Crippen molar-refractivity contribution < 1.29 is 14.3 Å². The van der Waals surface area contributed by atoms with Gasteiger partial charge >= 0.3 is 0 Å². The smallest absolute Gasteiger partial charge is 0.256 e. The average molecular weight is 405 g/mol. The van der Waals surface area contributed by atoms with Crippen LogP contribution in [0.15, 0.2) is 59.4 Å². The molecule has 3 aromatic rings. The first-order valence-corrected chi connectivity index (χ1v) is 9.93. The SMILES string of the molecule is Cn1c(=O)cc(C(=O)Nc2ccccc2C(=O)NCC2CCCO2)c2ccccc21. The molecule has 0 bridgehead atoms. The van der Waals surface area contributed by atoms with Crippen molar-refractivity contribution in [3.05, 3.63) is 76.1 Å². The summed E-state index contributed by atoms with van der Waals surface area (Å²) in [6, 6.07) is 15.3. The van der Waals surface area contributed by atoms with E-state index < -0.39 is 5.91 Å². The number of aryl methyl sites for hydroxylation is 1. The maximum Gasteiger partial charge on any atom is 0.256 e. The van der Waals surface area contributed by atoms with Gasteiger partial charge < -0.3 is 19.9 Å². The zero-order chi connectivity index (χ0) is 21.1. The van der Waals surface area contributed by atoms with Crippen LogP contribution in [0.25, 0.3) is 10.9 Å². The summed E-state index contributed by atoms with van der Waals surface area (Å²) in [5, 5.41) is 6.33. The highest BCUT2D eigenvalue weighted by Crippen LogP contribution is 2.20. The second-order valence-corrected chi connectivity index (χ2v) is 7.32. The lowest BCUT2D eigenvalue weighted by Gasteiger charge is -2.14. The number of amides is 2. The third-order valence-electron chi connectivity index (χ3n) is 5.33. The molecule has 7 heteroatoms. The van der Waals surface area contributed by atoms with Gasteiger partial charge in [0.15, 0.2) is 0 Å². The van der Waals surface area contributed by atoms with Gasteiger partial charge in [-0.25, -0.2) is 0 Å². The molecule has 2 amide bonds. The summed E-state index contributed by atoms with van der Waals surface area (Å²) >= 11 is 0. The quantitative estimate of drug-likeness (QED) is 0.683. The van der Waals surface area contributed by atoms with Crippen LogP contribution >= 0.6 is 0 Å². The van der Waals surface area contributed by atoms with Crippen LogP contribution in [0, 0.1) is 0 Å². The van der Waals surface area contributed by atoms with E-state index in [0.717, 1.165) is 19.4 Å². The minimum Gasteiger partial charge on any atom is -0.376 e. The minimum absolute atomic E-state index is 0.0302. The summed E-state index contributed by atoms with van der Waals surface area (Å²) in [5.41, 5.74) is 1.40. The summed E-state index contributed by atoms with van der Waals surface area (Å²) < 4.78 is 7.04. The predicted octanol–water partition coefficient (Wildman–Crippen LogP) is 2.70. The maximum absolute atomic E-state index is 13.0. The third-order valence-corrected chi connectivity index (χ3v) is 5.33. The molecular weight excluding hydrogens is 382 g/mol. The van der Waals surface area contributed by atoms with E-state index in [1.807, 2.05) is 12.1 Å². The largest absolute Gasteiger partial charge is 0.376 e.